The molecule has 2 rings (SSSR count). The van der Waals surface area contributed by atoms with Gasteiger partial charge in [-0.15, -0.1) is 6.07 Å². The molecule has 50 valence electrons. The maximum Gasteiger partial charge on any atom is 0.0453 e. The van der Waals surface area contributed by atoms with Gasteiger partial charge in [-0.3, -0.25) is 0 Å². The summed E-state index contributed by atoms with van der Waals surface area (Å²) in [5.41, 5.74) is 0.838. The van der Waals surface area contributed by atoms with Gasteiger partial charge in [-0.2, -0.15) is 0 Å². The van der Waals surface area contributed by atoms with Crippen molar-refractivity contribution in [2.24, 2.45) is 0 Å². The van der Waals surface area contributed by atoms with Crippen LogP contribution in [0.4, 0.5) is 0 Å². The standard InChI is InChI=1S/C6H4N3.W/c1-2-8-6-5(1)3-7-4-9-6;/h1-2,4H,(H,7,8,9);/q-1;. The molecule has 4 heteroatoms. The first-order valence-corrected chi connectivity index (χ1v) is 2.62. The summed E-state index contributed by atoms with van der Waals surface area (Å²) in [4.78, 5) is 10.6. The summed E-state index contributed by atoms with van der Waals surface area (Å²) < 4.78 is 0. The van der Waals surface area contributed by atoms with Gasteiger partial charge in [0.05, 0.1) is 0 Å². The van der Waals surface area contributed by atoms with E-state index >= 15 is 0 Å². The molecule has 0 unspecified atom stereocenters. The fourth-order valence-electron chi connectivity index (χ4n) is 0.743. The molecule has 0 aliphatic rings. The molecule has 10 heavy (non-hydrogen) atoms. The van der Waals surface area contributed by atoms with Crippen molar-refractivity contribution in [1.29, 1.82) is 0 Å². The minimum Gasteiger partial charge on any atom is -0.394 e. The van der Waals surface area contributed by atoms with Crippen molar-refractivity contribution in [2.75, 3.05) is 0 Å². The van der Waals surface area contributed by atoms with E-state index in [0.29, 0.717) is 0 Å². The Morgan fingerprint density at radius 1 is 1.50 bits per heavy atom. The van der Waals surface area contributed by atoms with E-state index in [9.17, 15) is 0 Å². The van der Waals surface area contributed by atoms with Gasteiger partial charge in [0, 0.05) is 33.0 Å². The molecule has 0 amide bonds. The van der Waals surface area contributed by atoms with Crippen molar-refractivity contribution >= 4 is 11.0 Å². The van der Waals surface area contributed by atoms with Crippen LogP contribution in [0.5, 0.6) is 0 Å². The SMILES string of the molecule is [W].[c-]1ncnc2[nH]ccc12. The molecular formula is C6H4N3W-. The zero-order chi connectivity index (χ0) is 6.10. The van der Waals surface area contributed by atoms with Gasteiger partial charge >= 0.3 is 0 Å². The van der Waals surface area contributed by atoms with Crippen LogP contribution in [0.25, 0.3) is 11.0 Å². The van der Waals surface area contributed by atoms with E-state index in [1.807, 2.05) is 12.3 Å². The number of nitrogens with one attached hydrogen (secondary N) is 1. The quantitative estimate of drug-likeness (QED) is 0.730. The molecule has 0 aliphatic carbocycles. The van der Waals surface area contributed by atoms with Crippen molar-refractivity contribution in [1.82, 2.24) is 15.0 Å². The number of hydrogen-bond donors (Lipinski definition) is 1. The maximum absolute atomic E-state index is 3.94. The molecule has 0 saturated carbocycles. The van der Waals surface area contributed by atoms with E-state index in [4.69, 9.17) is 0 Å². The Bertz CT molecular complexity index is 287. The molecule has 2 aromatic rings. The van der Waals surface area contributed by atoms with Crippen LogP contribution in [0.2, 0.25) is 0 Å². The van der Waals surface area contributed by atoms with Gasteiger partial charge in [0.2, 0.25) is 0 Å². The third kappa shape index (κ3) is 1.09. The van der Waals surface area contributed by atoms with Crippen LogP contribution in [-0.4, -0.2) is 15.0 Å². The first kappa shape index (κ1) is 7.42. The van der Waals surface area contributed by atoms with Gasteiger partial charge in [-0.25, -0.2) is 0 Å². The van der Waals surface area contributed by atoms with Crippen molar-refractivity contribution < 1.29 is 21.1 Å². The molecule has 0 aromatic carbocycles. The molecule has 3 nitrogen and oxygen atoms in total. The number of hydrogen-bond acceptors (Lipinski definition) is 2. The second-order valence-electron chi connectivity index (χ2n) is 1.73. The molecule has 0 radical (unpaired) electrons. The van der Waals surface area contributed by atoms with E-state index in [2.05, 4.69) is 21.1 Å². The van der Waals surface area contributed by atoms with Crippen LogP contribution >= 0.6 is 0 Å². The third-order valence-electron chi connectivity index (χ3n) is 1.15. The summed E-state index contributed by atoms with van der Waals surface area (Å²) >= 11 is 0. The molecule has 0 bridgehead atoms. The Morgan fingerprint density at radius 3 is 3.20 bits per heavy atom. The number of aromatic nitrogens is 3. The number of fused-ring (bicyclic) bond motifs is 1. The van der Waals surface area contributed by atoms with Gasteiger partial charge in [0.15, 0.2) is 0 Å². The van der Waals surface area contributed by atoms with Crippen LogP contribution in [0, 0.1) is 6.20 Å². The van der Waals surface area contributed by atoms with Crippen LogP contribution in [0.3, 0.4) is 0 Å². The summed E-state index contributed by atoms with van der Waals surface area (Å²) in [5, 5.41) is 0.928. The van der Waals surface area contributed by atoms with Crippen LogP contribution < -0.4 is 0 Å². The van der Waals surface area contributed by atoms with E-state index in [-0.39, 0.29) is 21.1 Å². The molecule has 2 heterocycles. The van der Waals surface area contributed by atoms with Crippen LogP contribution in [0.15, 0.2) is 18.6 Å². The predicted octanol–water partition coefficient (Wildman–Crippen LogP) is 0.756. The summed E-state index contributed by atoms with van der Waals surface area (Å²) in [6.07, 6.45) is 6.07. The first-order chi connectivity index (χ1) is 4.47. The number of rotatable bonds is 0. The number of H-pyrrole nitrogens is 1. The van der Waals surface area contributed by atoms with Crippen LogP contribution in [-0.2, 0) is 21.1 Å². The minimum absolute atomic E-state index is 0. The Kier molecular flexibility index (Phi) is 2.17. The summed E-state index contributed by atoms with van der Waals surface area (Å²) in [6, 6.07) is 1.88. The summed E-state index contributed by atoms with van der Waals surface area (Å²) in [5.74, 6) is 0. The molecule has 0 atom stereocenters. The average Bonchev–Trinajstić information content (AvgIpc) is 2.33. The minimum atomic E-state index is 0. The maximum atomic E-state index is 3.94. The van der Waals surface area contributed by atoms with Gasteiger partial charge in [0.1, 0.15) is 0 Å². The molecule has 1 N–H and O–H groups in total. The van der Waals surface area contributed by atoms with Crippen molar-refractivity contribution in [3.8, 4) is 0 Å². The summed E-state index contributed by atoms with van der Waals surface area (Å²) in [6.45, 7) is 0. The Hall–Kier alpha value is -0.692. The van der Waals surface area contributed by atoms with Gasteiger partial charge < -0.3 is 15.0 Å². The molecule has 0 spiro atoms. The first-order valence-electron chi connectivity index (χ1n) is 2.62. The fourth-order valence-corrected chi connectivity index (χ4v) is 0.743. The predicted molar refractivity (Wildman–Crippen MR) is 32.7 cm³/mol. The van der Waals surface area contributed by atoms with Crippen LogP contribution in [0.1, 0.15) is 0 Å². The monoisotopic (exact) mass is 302 g/mol. The fraction of sp³-hybridized carbons (Fsp3) is 0. The third-order valence-corrected chi connectivity index (χ3v) is 1.15. The average molecular weight is 302 g/mol. The smallest absolute Gasteiger partial charge is 0.0453 e. The van der Waals surface area contributed by atoms with E-state index < -0.39 is 0 Å². The molecule has 0 fully saturated rings. The number of aromatic amines is 1. The topological polar surface area (TPSA) is 41.6 Å². The van der Waals surface area contributed by atoms with E-state index in [1.54, 1.807) is 0 Å². The zero-order valence-corrected chi connectivity index (χ0v) is 7.97. The Morgan fingerprint density at radius 2 is 2.40 bits per heavy atom. The second-order valence-corrected chi connectivity index (χ2v) is 1.73. The number of nitrogens with zero attached hydrogens (tertiary/aromatic N) is 2. The second kappa shape index (κ2) is 2.93. The molecule has 2 aromatic heterocycles. The Balaban J connectivity index is 0.000000500. The Labute approximate surface area is 72.1 Å². The van der Waals surface area contributed by atoms with Gasteiger partial charge in [0.25, 0.3) is 0 Å². The largest absolute Gasteiger partial charge is 0.394 e. The molecular weight excluding hydrogens is 298 g/mol. The van der Waals surface area contributed by atoms with Crippen molar-refractivity contribution in [3.63, 3.8) is 0 Å². The zero-order valence-electron chi connectivity index (χ0n) is 5.03. The summed E-state index contributed by atoms with van der Waals surface area (Å²) in [7, 11) is 0. The van der Waals surface area contributed by atoms with Gasteiger partial charge in [-0.05, 0) is 12.4 Å². The normalized spacial score (nSPS) is 9.20. The molecule has 0 saturated heterocycles. The van der Waals surface area contributed by atoms with E-state index in [1.165, 1.54) is 6.33 Å². The van der Waals surface area contributed by atoms with Crippen molar-refractivity contribution in [3.05, 3.63) is 24.8 Å². The molecule has 0 aliphatic heterocycles. The van der Waals surface area contributed by atoms with Gasteiger partial charge in [-0.1, -0.05) is 5.39 Å². The van der Waals surface area contributed by atoms with Crippen molar-refractivity contribution in [2.45, 2.75) is 0 Å². The van der Waals surface area contributed by atoms with E-state index in [0.717, 1.165) is 11.0 Å².